The quantitative estimate of drug-likeness (QED) is 0.796. The monoisotopic (exact) mass is 276 g/mol. The molecule has 0 aliphatic carbocycles. The Morgan fingerprint density at radius 3 is 2.38 bits per heavy atom. The predicted octanol–water partition coefficient (Wildman–Crippen LogP) is 3.81. The number of ether oxygens (including phenoxy) is 1. The van der Waals surface area contributed by atoms with Crippen LogP contribution >= 0.6 is 0 Å². The largest absolute Gasteiger partial charge is 0.456 e. The van der Waals surface area contributed by atoms with Gasteiger partial charge in [-0.2, -0.15) is 10.5 Å². The predicted molar refractivity (Wildman–Crippen MR) is 77.0 cm³/mol. The number of hydrogen-bond donors (Lipinski definition) is 0. The summed E-state index contributed by atoms with van der Waals surface area (Å²) in [4.78, 5) is 11.5. The Morgan fingerprint density at radius 1 is 1.10 bits per heavy atom. The summed E-state index contributed by atoms with van der Waals surface area (Å²) in [6, 6.07) is 15.5. The van der Waals surface area contributed by atoms with Gasteiger partial charge in [0, 0.05) is 12.0 Å². The van der Waals surface area contributed by atoms with Crippen LogP contribution in [-0.2, 0) is 0 Å². The molecule has 0 aromatic heterocycles. The molecule has 0 amide bonds. The molecule has 0 heterocycles. The van der Waals surface area contributed by atoms with E-state index in [-0.39, 0.29) is 16.9 Å². The lowest BCUT2D eigenvalue weighted by atomic mass is 10.1. The normalized spacial score (nSPS) is 9.48. The molecule has 4 heteroatoms. The van der Waals surface area contributed by atoms with Crippen LogP contribution in [0.1, 0.15) is 34.8 Å². The third-order valence-corrected chi connectivity index (χ3v) is 2.98. The highest BCUT2D eigenvalue weighted by Crippen LogP contribution is 2.27. The molecule has 0 fully saturated rings. The minimum atomic E-state index is 0.0609. The van der Waals surface area contributed by atoms with Gasteiger partial charge in [-0.3, -0.25) is 4.79 Å². The summed E-state index contributed by atoms with van der Waals surface area (Å²) in [5.41, 5.74) is 1.10. The molecular formula is C17H12N2O2. The van der Waals surface area contributed by atoms with Gasteiger partial charge in [-0.05, 0) is 36.4 Å². The van der Waals surface area contributed by atoms with Gasteiger partial charge in [0.2, 0.25) is 0 Å². The van der Waals surface area contributed by atoms with Gasteiger partial charge in [-0.1, -0.05) is 13.0 Å². The summed E-state index contributed by atoms with van der Waals surface area (Å²) in [5, 5.41) is 18.1. The highest BCUT2D eigenvalue weighted by molar-refractivity contribution is 5.95. The SMILES string of the molecule is CCC(=O)c1ccc(Oc2cccc(C#N)c2C#N)cc1. The summed E-state index contributed by atoms with van der Waals surface area (Å²) in [7, 11) is 0. The van der Waals surface area contributed by atoms with E-state index < -0.39 is 0 Å². The molecule has 0 saturated heterocycles. The van der Waals surface area contributed by atoms with Crippen LogP contribution in [0, 0.1) is 22.7 Å². The van der Waals surface area contributed by atoms with E-state index in [0.29, 0.717) is 23.5 Å². The van der Waals surface area contributed by atoms with E-state index in [0.717, 1.165) is 0 Å². The van der Waals surface area contributed by atoms with E-state index in [1.807, 2.05) is 12.1 Å². The van der Waals surface area contributed by atoms with Crippen LogP contribution in [-0.4, -0.2) is 5.78 Å². The molecule has 0 saturated carbocycles. The number of carbonyl (C=O) groups excluding carboxylic acids is 1. The van der Waals surface area contributed by atoms with Gasteiger partial charge in [0.05, 0.1) is 5.56 Å². The lowest BCUT2D eigenvalue weighted by molar-refractivity contribution is 0.0988. The standard InChI is InChI=1S/C17H12N2O2/c1-2-16(20)12-6-8-14(9-7-12)21-17-5-3-4-13(10-18)15(17)11-19/h3-9H,2H2,1H3. The number of ketones is 1. The first-order chi connectivity index (χ1) is 10.2. The van der Waals surface area contributed by atoms with Crippen LogP contribution in [0.5, 0.6) is 11.5 Å². The number of rotatable bonds is 4. The molecule has 0 unspecified atom stereocenters. The van der Waals surface area contributed by atoms with Crippen molar-refractivity contribution in [2.45, 2.75) is 13.3 Å². The molecule has 0 bridgehead atoms. The average molecular weight is 276 g/mol. The number of nitriles is 2. The molecule has 102 valence electrons. The van der Waals surface area contributed by atoms with E-state index in [4.69, 9.17) is 15.3 Å². The lowest BCUT2D eigenvalue weighted by Gasteiger charge is -2.08. The van der Waals surface area contributed by atoms with Gasteiger partial charge in [0.25, 0.3) is 0 Å². The van der Waals surface area contributed by atoms with E-state index >= 15 is 0 Å². The molecule has 2 rings (SSSR count). The van der Waals surface area contributed by atoms with E-state index in [9.17, 15) is 4.79 Å². The highest BCUT2D eigenvalue weighted by Gasteiger charge is 2.10. The lowest BCUT2D eigenvalue weighted by Crippen LogP contribution is -1.96. The Balaban J connectivity index is 2.29. The van der Waals surface area contributed by atoms with Crippen molar-refractivity contribution in [2.24, 2.45) is 0 Å². The average Bonchev–Trinajstić information content (AvgIpc) is 2.54. The van der Waals surface area contributed by atoms with Crippen LogP contribution in [0.4, 0.5) is 0 Å². The second-order valence-corrected chi connectivity index (χ2v) is 4.31. The van der Waals surface area contributed by atoms with Crippen LogP contribution in [0.25, 0.3) is 0 Å². The number of benzene rings is 2. The molecule has 0 aliphatic rings. The first kappa shape index (κ1) is 14.3. The van der Waals surface area contributed by atoms with E-state index in [1.165, 1.54) is 0 Å². The van der Waals surface area contributed by atoms with Crippen LogP contribution in [0.2, 0.25) is 0 Å². The van der Waals surface area contributed by atoms with E-state index in [2.05, 4.69) is 0 Å². The second kappa shape index (κ2) is 6.36. The van der Waals surface area contributed by atoms with Gasteiger partial charge in [-0.15, -0.1) is 0 Å². The Morgan fingerprint density at radius 2 is 1.81 bits per heavy atom. The van der Waals surface area contributed by atoms with Gasteiger partial charge >= 0.3 is 0 Å². The van der Waals surface area contributed by atoms with Crippen molar-refractivity contribution in [2.75, 3.05) is 0 Å². The summed E-state index contributed by atoms with van der Waals surface area (Å²) < 4.78 is 5.63. The van der Waals surface area contributed by atoms with Crippen molar-refractivity contribution in [3.05, 3.63) is 59.2 Å². The fraction of sp³-hybridized carbons (Fsp3) is 0.118. The topological polar surface area (TPSA) is 73.9 Å². The van der Waals surface area contributed by atoms with Gasteiger partial charge in [-0.25, -0.2) is 0 Å². The maximum Gasteiger partial charge on any atom is 0.162 e. The van der Waals surface area contributed by atoms with Crippen molar-refractivity contribution >= 4 is 5.78 Å². The fourth-order valence-corrected chi connectivity index (χ4v) is 1.86. The summed E-state index contributed by atoms with van der Waals surface area (Å²) in [6.07, 6.45) is 0.447. The van der Waals surface area contributed by atoms with Gasteiger partial charge < -0.3 is 4.74 Å². The molecule has 2 aromatic carbocycles. The minimum absolute atomic E-state index is 0.0609. The molecule has 0 aliphatic heterocycles. The molecule has 0 atom stereocenters. The first-order valence-electron chi connectivity index (χ1n) is 6.44. The van der Waals surface area contributed by atoms with Crippen LogP contribution in [0.15, 0.2) is 42.5 Å². The van der Waals surface area contributed by atoms with Crippen molar-refractivity contribution in [1.29, 1.82) is 10.5 Å². The summed E-state index contributed by atoms with van der Waals surface area (Å²) >= 11 is 0. The first-order valence-corrected chi connectivity index (χ1v) is 6.44. The van der Waals surface area contributed by atoms with Crippen LogP contribution in [0.3, 0.4) is 0 Å². The second-order valence-electron chi connectivity index (χ2n) is 4.31. The molecule has 4 nitrogen and oxygen atoms in total. The Bertz CT molecular complexity index is 750. The number of carbonyl (C=O) groups is 1. The minimum Gasteiger partial charge on any atom is -0.456 e. The number of nitrogens with zero attached hydrogens (tertiary/aromatic N) is 2. The van der Waals surface area contributed by atoms with Crippen molar-refractivity contribution in [1.82, 2.24) is 0 Å². The van der Waals surface area contributed by atoms with Crippen molar-refractivity contribution in [3.63, 3.8) is 0 Å². The van der Waals surface area contributed by atoms with Crippen molar-refractivity contribution in [3.8, 4) is 23.6 Å². The zero-order valence-electron chi connectivity index (χ0n) is 11.5. The third kappa shape index (κ3) is 3.08. The van der Waals surface area contributed by atoms with Gasteiger partial charge in [0.15, 0.2) is 5.78 Å². The Labute approximate surface area is 122 Å². The van der Waals surface area contributed by atoms with Crippen molar-refractivity contribution < 1.29 is 9.53 Å². The summed E-state index contributed by atoms with van der Waals surface area (Å²) in [5.74, 6) is 0.895. The Hall–Kier alpha value is -3.11. The molecule has 2 aromatic rings. The van der Waals surface area contributed by atoms with Gasteiger partial charge in [0.1, 0.15) is 29.2 Å². The maximum absolute atomic E-state index is 11.5. The number of hydrogen-bond acceptors (Lipinski definition) is 4. The zero-order chi connectivity index (χ0) is 15.2. The molecule has 0 radical (unpaired) electrons. The Kier molecular flexibility index (Phi) is 4.33. The van der Waals surface area contributed by atoms with Crippen LogP contribution < -0.4 is 4.74 Å². The highest BCUT2D eigenvalue weighted by atomic mass is 16.5. The smallest absolute Gasteiger partial charge is 0.162 e. The number of Topliss-reactive ketones (excluding diaryl/α,β-unsaturated/α-hetero) is 1. The zero-order valence-corrected chi connectivity index (χ0v) is 11.5. The molecule has 21 heavy (non-hydrogen) atoms. The molecular weight excluding hydrogens is 264 g/mol. The molecule has 0 spiro atoms. The maximum atomic E-state index is 11.5. The fourth-order valence-electron chi connectivity index (χ4n) is 1.86. The summed E-state index contributed by atoms with van der Waals surface area (Å²) in [6.45, 7) is 1.80. The van der Waals surface area contributed by atoms with E-state index in [1.54, 1.807) is 49.4 Å². The third-order valence-electron chi connectivity index (χ3n) is 2.98. The molecule has 0 N–H and O–H groups in total.